The molecule has 0 aliphatic carbocycles. The molecule has 0 unspecified atom stereocenters. The molecule has 6 heteroatoms. The zero-order chi connectivity index (χ0) is 19.1. The Morgan fingerprint density at radius 2 is 1.82 bits per heavy atom. The average Bonchev–Trinajstić information content (AvgIpc) is 3.32. The molecule has 0 atom stereocenters. The molecule has 136 valence electrons. The number of carbonyl (C=O) groups is 1. The van der Waals surface area contributed by atoms with Gasteiger partial charge in [-0.1, -0.05) is 47.7 Å². The minimum absolute atomic E-state index is 0.153. The second kappa shape index (κ2) is 6.82. The van der Waals surface area contributed by atoms with Gasteiger partial charge in [-0.2, -0.15) is 0 Å². The zero-order valence-corrected chi connectivity index (χ0v) is 16.6. The van der Waals surface area contributed by atoms with E-state index < -0.39 is 0 Å². The van der Waals surface area contributed by atoms with Gasteiger partial charge in [-0.15, -0.1) is 11.3 Å². The summed E-state index contributed by atoms with van der Waals surface area (Å²) in [7, 11) is 0. The van der Waals surface area contributed by atoms with E-state index >= 15 is 0 Å². The highest BCUT2D eigenvalue weighted by molar-refractivity contribution is 7.22. The van der Waals surface area contributed by atoms with Gasteiger partial charge in [0.1, 0.15) is 0 Å². The largest absolute Gasteiger partial charge is 0.298 e. The van der Waals surface area contributed by atoms with E-state index in [2.05, 4.69) is 26.7 Å². The molecule has 0 saturated carbocycles. The monoisotopic (exact) mass is 401 g/mol. The third kappa shape index (κ3) is 3.17. The molecule has 1 amide bonds. The average molecular weight is 402 g/mol. The number of aromatic nitrogens is 2. The Morgan fingerprint density at radius 3 is 2.64 bits per heavy atom. The first-order chi connectivity index (χ1) is 13.7. The number of benzene rings is 3. The fourth-order valence-corrected chi connectivity index (χ4v) is 4.66. The quantitative estimate of drug-likeness (QED) is 0.395. The molecule has 0 aliphatic heterocycles. The molecular formula is C22H15N3OS2. The van der Waals surface area contributed by atoms with Crippen LogP contribution < -0.4 is 5.32 Å². The van der Waals surface area contributed by atoms with Crippen LogP contribution in [0.3, 0.4) is 0 Å². The number of hydrogen-bond acceptors (Lipinski definition) is 5. The predicted octanol–water partition coefficient (Wildman–Crippen LogP) is 6.13. The van der Waals surface area contributed by atoms with Crippen LogP contribution in [0.5, 0.6) is 0 Å². The molecule has 0 fully saturated rings. The number of thiazole rings is 2. The Balaban J connectivity index is 1.43. The van der Waals surface area contributed by atoms with Crippen molar-refractivity contribution in [1.29, 1.82) is 0 Å². The molecule has 3 aromatic carbocycles. The maximum Gasteiger partial charge on any atom is 0.257 e. The van der Waals surface area contributed by atoms with Crippen LogP contribution in [0.2, 0.25) is 0 Å². The van der Waals surface area contributed by atoms with Gasteiger partial charge in [0.25, 0.3) is 5.91 Å². The smallest absolute Gasteiger partial charge is 0.257 e. The van der Waals surface area contributed by atoms with E-state index in [4.69, 9.17) is 0 Å². The molecule has 0 bridgehead atoms. The first-order valence-corrected chi connectivity index (χ1v) is 10.5. The van der Waals surface area contributed by atoms with Crippen molar-refractivity contribution in [1.82, 2.24) is 9.97 Å². The van der Waals surface area contributed by atoms with Gasteiger partial charge in [0, 0.05) is 16.5 Å². The van der Waals surface area contributed by atoms with E-state index in [0.29, 0.717) is 10.7 Å². The third-order valence-electron chi connectivity index (χ3n) is 4.54. The van der Waals surface area contributed by atoms with Gasteiger partial charge < -0.3 is 0 Å². The number of fused-ring (bicyclic) bond motifs is 2. The number of aryl methyl sites for hydroxylation is 1. The Hall–Kier alpha value is -3.09. The molecule has 0 saturated heterocycles. The van der Waals surface area contributed by atoms with E-state index in [1.165, 1.54) is 11.3 Å². The van der Waals surface area contributed by atoms with Crippen LogP contribution in [-0.4, -0.2) is 15.9 Å². The second-order valence-electron chi connectivity index (χ2n) is 6.47. The Labute approximate surface area is 169 Å². The van der Waals surface area contributed by atoms with Crippen molar-refractivity contribution in [3.8, 4) is 11.3 Å². The number of hydrogen-bond donors (Lipinski definition) is 1. The Morgan fingerprint density at radius 1 is 0.964 bits per heavy atom. The highest BCUT2D eigenvalue weighted by atomic mass is 32.1. The Kier molecular flexibility index (Phi) is 4.15. The summed E-state index contributed by atoms with van der Waals surface area (Å²) in [5, 5.41) is 8.79. The summed E-state index contributed by atoms with van der Waals surface area (Å²) in [5.74, 6) is -0.153. The lowest BCUT2D eigenvalue weighted by molar-refractivity contribution is 0.102. The van der Waals surface area contributed by atoms with E-state index in [1.54, 1.807) is 11.3 Å². The predicted molar refractivity (Wildman–Crippen MR) is 117 cm³/mol. The molecule has 5 rings (SSSR count). The first kappa shape index (κ1) is 17.0. The van der Waals surface area contributed by atoms with Gasteiger partial charge in [-0.25, -0.2) is 9.97 Å². The minimum Gasteiger partial charge on any atom is -0.298 e. The van der Waals surface area contributed by atoms with Gasteiger partial charge in [0.15, 0.2) is 5.13 Å². The SMILES string of the molecule is Cc1nc(-c2ccc3nc(NC(=O)c4ccc5ccccc5c4)sc3c2)cs1. The minimum atomic E-state index is -0.153. The molecule has 0 radical (unpaired) electrons. The van der Waals surface area contributed by atoms with Gasteiger partial charge in [-0.3, -0.25) is 10.1 Å². The molecular weight excluding hydrogens is 386 g/mol. The summed E-state index contributed by atoms with van der Waals surface area (Å²) in [4.78, 5) is 21.8. The van der Waals surface area contributed by atoms with Gasteiger partial charge >= 0.3 is 0 Å². The Bertz CT molecular complexity index is 1340. The zero-order valence-electron chi connectivity index (χ0n) is 15.0. The van der Waals surface area contributed by atoms with Crippen molar-refractivity contribution in [2.24, 2.45) is 0 Å². The fraction of sp³-hybridized carbons (Fsp3) is 0.0455. The number of amides is 1. The van der Waals surface area contributed by atoms with E-state index in [-0.39, 0.29) is 5.91 Å². The van der Waals surface area contributed by atoms with Crippen molar-refractivity contribution < 1.29 is 4.79 Å². The summed E-state index contributed by atoms with van der Waals surface area (Å²) < 4.78 is 1.02. The molecule has 2 heterocycles. The van der Waals surface area contributed by atoms with Crippen molar-refractivity contribution in [3.63, 3.8) is 0 Å². The molecule has 0 spiro atoms. The lowest BCUT2D eigenvalue weighted by Crippen LogP contribution is -2.11. The van der Waals surface area contributed by atoms with Crippen LogP contribution in [0.15, 0.2) is 66.0 Å². The maximum atomic E-state index is 12.7. The standard InChI is InChI=1S/C22H15N3OS2/c1-13-23-19(12-27-13)16-8-9-18-20(11-16)28-22(24-18)25-21(26)17-7-6-14-4-2-3-5-15(14)10-17/h2-12H,1H3,(H,24,25,26). The van der Waals surface area contributed by atoms with Crippen LogP contribution in [0, 0.1) is 6.92 Å². The first-order valence-electron chi connectivity index (χ1n) is 8.79. The molecule has 0 aliphatic rings. The van der Waals surface area contributed by atoms with E-state index in [0.717, 1.165) is 37.3 Å². The lowest BCUT2D eigenvalue weighted by atomic mass is 10.1. The highest BCUT2D eigenvalue weighted by Crippen LogP contribution is 2.31. The lowest BCUT2D eigenvalue weighted by Gasteiger charge is -2.03. The number of nitrogens with one attached hydrogen (secondary N) is 1. The van der Waals surface area contributed by atoms with Crippen LogP contribution in [-0.2, 0) is 0 Å². The number of nitrogens with zero attached hydrogens (tertiary/aromatic N) is 2. The van der Waals surface area contributed by atoms with Crippen LogP contribution in [0.25, 0.3) is 32.2 Å². The summed E-state index contributed by atoms with van der Waals surface area (Å²) >= 11 is 3.11. The van der Waals surface area contributed by atoms with Crippen LogP contribution in [0.4, 0.5) is 5.13 Å². The van der Waals surface area contributed by atoms with Crippen molar-refractivity contribution >= 4 is 54.7 Å². The summed E-state index contributed by atoms with van der Waals surface area (Å²) in [5.41, 5.74) is 3.53. The van der Waals surface area contributed by atoms with Crippen LogP contribution >= 0.6 is 22.7 Å². The fourth-order valence-electron chi connectivity index (χ4n) is 3.13. The summed E-state index contributed by atoms with van der Waals surface area (Å²) in [6.07, 6.45) is 0. The molecule has 5 aromatic rings. The van der Waals surface area contributed by atoms with Gasteiger partial charge in [0.05, 0.1) is 20.9 Å². The van der Waals surface area contributed by atoms with Crippen molar-refractivity contribution in [3.05, 3.63) is 76.6 Å². The molecule has 2 aromatic heterocycles. The topological polar surface area (TPSA) is 54.9 Å². The number of carbonyl (C=O) groups excluding carboxylic acids is 1. The van der Waals surface area contributed by atoms with E-state index in [9.17, 15) is 4.79 Å². The molecule has 4 nitrogen and oxygen atoms in total. The normalized spacial score (nSPS) is 11.2. The summed E-state index contributed by atoms with van der Waals surface area (Å²) in [6, 6.07) is 19.8. The maximum absolute atomic E-state index is 12.7. The number of anilines is 1. The van der Waals surface area contributed by atoms with Gasteiger partial charge in [-0.05, 0) is 42.0 Å². The van der Waals surface area contributed by atoms with Crippen LogP contribution in [0.1, 0.15) is 15.4 Å². The summed E-state index contributed by atoms with van der Waals surface area (Å²) in [6.45, 7) is 2.00. The highest BCUT2D eigenvalue weighted by Gasteiger charge is 2.12. The number of rotatable bonds is 3. The molecule has 28 heavy (non-hydrogen) atoms. The second-order valence-corrected chi connectivity index (χ2v) is 8.56. The van der Waals surface area contributed by atoms with Gasteiger partial charge in [0.2, 0.25) is 0 Å². The van der Waals surface area contributed by atoms with E-state index in [1.807, 2.05) is 61.5 Å². The van der Waals surface area contributed by atoms with Crippen molar-refractivity contribution in [2.45, 2.75) is 6.92 Å². The molecule has 1 N–H and O–H groups in total. The van der Waals surface area contributed by atoms with Crippen molar-refractivity contribution in [2.75, 3.05) is 5.32 Å². The third-order valence-corrected chi connectivity index (χ3v) is 6.24.